The van der Waals surface area contributed by atoms with Gasteiger partial charge in [0.15, 0.2) is 17.7 Å². The van der Waals surface area contributed by atoms with E-state index in [1.165, 1.54) is 14.2 Å². The zero-order valence-electron chi connectivity index (χ0n) is 13.8. The van der Waals surface area contributed by atoms with Gasteiger partial charge >= 0.3 is 0 Å². The third kappa shape index (κ3) is 2.46. The SMILES string of the molecule is COC(CN1C(=O)c2n[nH]c(-c3ccco3)c2C1c1ccco1)OC. The number of hydrogen-bond donors (Lipinski definition) is 1. The van der Waals surface area contributed by atoms with Crippen LogP contribution in [0.15, 0.2) is 45.6 Å². The molecule has 0 fully saturated rings. The first-order valence-electron chi connectivity index (χ1n) is 7.76. The number of hydrogen-bond acceptors (Lipinski definition) is 6. The van der Waals surface area contributed by atoms with Gasteiger partial charge < -0.3 is 23.2 Å². The fourth-order valence-electron chi connectivity index (χ4n) is 3.13. The Labute approximate surface area is 143 Å². The van der Waals surface area contributed by atoms with Gasteiger partial charge in [0.05, 0.1) is 19.1 Å². The normalized spacial score (nSPS) is 16.8. The summed E-state index contributed by atoms with van der Waals surface area (Å²) in [5, 5.41) is 7.11. The average molecular weight is 343 g/mol. The summed E-state index contributed by atoms with van der Waals surface area (Å²) in [6, 6.07) is 6.77. The van der Waals surface area contributed by atoms with Crippen LogP contribution in [-0.4, -0.2) is 48.1 Å². The number of nitrogens with zero attached hydrogens (tertiary/aromatic N) is 2. The number of rotatable bonds is 6. The first-order valence-corrected chi connectivity index (χ1v) is 7.76. The molecule has 3 aromatic heterocycles. The van der Waals surface area contributed by atoms with Crippen LogP contribution < -0.4 is 0 Å². The van der Waals surface area contributed by atoms with Gasteiger partial charge in [-0.25, -0.2) is 0 Å². The van der Waals surface area contributed by atoms with Crippen LogP contribution in [0.4, 0.5) is 0 Å². The minimum Gasteiger partial charge on any atom is -0.467 e. The molecule has 3 aromatic rings. The summed E-state index contributed by atoms with van der Waals surface area (Å²) in [6.45, 7) is 0.241. The van der Waals surface area contributed by atoms with E-state index in [4.69, 9.17) is 18.3 Å². The monoisotopic (exact) mass is 343 g/mol. The number of nitrogens with one attached hydrogen (secondary N) is 1. The molecular weight excluding hydrogens is 326 g/mol. The van der Waals surface area contributed by atoms with Crippen LogP contribution in [0.1, 0.15) is 27.9 Å². The van der Waals surface area contributed by atoms with Crippen molar-refractivity contribution in [1.82, 2.24) is 15.1 Å². The topological polar surface area (TPSA) is 93.7 Å². The van der Waals surface area contributed by atoms with Crippen molar-refractivity contribution in [2.45, 2.75) is 12.3 Å². The Kier molecular flexibility index (Phi) is 3.90. The number of aromatic amines is 1. The summed E-state index contributed by atoms with van der Waals surface area (Å²) in [5.41, 5.74) is 1.73. The van der Waals surface area contributed by atoms with Crippen molar-refractivity contribution in [3.8, 4) is 11.5 Å². The van der Waals surface area contributed by atoms with Gasteiger partial charge in [0.25, 0.3) is 5.91 Å². The molecular formula is C17H17N3O5. The maximum absolute atomic E-state index is 12.9. The quantitative estimate of drug-likeness (QED) is 0.691. The van der Waals surface area contributed by atoms with Crippen molar-refractivity contribution in [1.29, 1.82) is 0 Å². The maximum Gasteiger partial charge on any atom is 0.275 e. The highest BCUT2D eigenvalue weighted by molar-refractivity contribution is 5.99. The number of furan rings is 2. The molecule has 25 heavy (non-hydrogen) atoms. The molecule has 1 atom stereocenters. The molecule has 0 bridgehead atoms. The van der Waals surface area contributed by atoms with Gasteiger partial charge in [-0.2, -0.15) is 5.10 Å². The van der Waals surface area contributed by atoms with Crippen LogP contribution in [0.25, 0.3) is 11.5 Å². The fraction of sp³-hybridized carbons (Fsp3) is 0.294. The Hall–Kier alpha value is -2.84. The number of methoxy groups -OCH3 is 2. The second-order valence-corrected chi connectivity index (χ2v) is 5.61. The van der Waals surface area contributed by atoms with Gasteiger partial charge in [-0.1, -0.05) is 0 Å². The van der Waals surface area contributed by atoms with Gasteiger partial charge in [0, 0.05) is 19.8 Å². The van der Waals surface area contributed by atoms with Crippen molar-refractivity contribution >= 4 is 5.91 Å². The standard InChI is InChI=1S/C17H17N3O5/c1-22-12(23-2)9-20-16(11-6-4-8-25-11)13-14(10-5-3-7-24-10)18-19-15(13)17(20)21/h3-8,12,16H,9H2,1-2H3,(H,18,19). The van der Waals surface area contributed by atoms with E-state index in [-0.39, 0.29) is 12.5 Å². The number of aromatic nitrogens is 2. The van der Waals surface area contributed by atoms with Crippen LogP contribution in [0.5, 0.6) is 0 Å². The predicted octanol–water partition coefficient (Wildman–Crippen LogP) is 2.43. The van der Waals surface area contributed by atoms with E-state index in [1.54, 1.807) is 29.6 Å². The van der Waals surface area contributed by atoms with Crippen LogP contribution in [0, 0.1) is 0 Å². The molecule has 8 heteroatoms. The Bertz CT molecular complexity index is 849. The van der Waals surface area contributed by atoms with E-state index < -0.39 is 12.3 Å². The molecule has 1 amide bonds. The van der Waals surface area contributed by atoms with Gasteiger partial charge in [0.2, 0.25) is 0 Å². The number of fused-ring (bicyclic) bond motifs is 1. The molecule has 1 N–H and O–H groups in total. The maximum atomic E-state index is 12.9. The van der Waals surface area contributed by atoms with Gasteiger partial charge in [-0.05, 0) is 24.3 Å². The lowest BCUT2D eigenvalue weighted by atomic mass is 10.0. The van der Waals surface area contributed by atoms with Crippen molar-refractivity contribution in [2.24, 2.45) is 0 Å². The summed E-state index contributed by atoms with van der Waals surface area (Å²) >= 11 is 0. The summed E-state index contributed by atoms with van der Waals surface area (Å²) in [6.07, 6.45) is 2.60. The lowest BCUT2D eigenvalue weighted by Gasteiger charge is -2.27. The van der Waals surface area contributed by atoms with Crippen molar-refractivity contribution in [3.63, 3.8) is 0 Å². The van der Waals surface area contributed by atoms with Crippen molar-refractivity contribution in [3.05, 3.63) is 53.8 Å². The van der Waals surface area contributed by atoms with Crippen LogP contribution >= 0.6 is 0 Å². The summed E-state index contributed by atoms with van der Waals surface area (Å²) in [7, 11) is 3.06. The molecule has 130 valence electrons. The van der Waals surface area contributed by atoms with Crippen molar-refractivity contribution in [2.75, 3.05) is 20.8 Å². The highest BCUT2D eigenvalue weighted by atomic mass is 16.7. The molecule has 0 saturated heterocycles. The van der Waals surface area contributed by atoms with Gasteiger partial charge in [-0.3, -0.25) is 9.89 Å². The van der Waals surface area contributed by atoms with E-state index in [1.807, 2.05) is 12.1 Å². The van der Waals surface area contributed by atoms with E-state index in [9.17, 15) is 4.79 Å². The Balaban J connectivity index is 1.81. The molecule has 0 saturated carbocycles. The Morgan fingerprint density at radius 1 is 1.24 bits per heavy atom. The number of ether oxygens (including phenoxy) is 2. The minimum absolute atomic E-state index is 0.218. The Morgan fingerprint density at radius 3 is 2.64 bits per heavy atom. The first kappa shape index (κ1) is 15.7. The van der Waals surface area contributed by atoms with E-state index in [0.29, 0.717) is 22.9 Å². The third-order valence-electron chi connectivity index (χ3n) is 4.30. The second kappa shape index (κ2) is 6.23. The smallest absolute Gasteiger partial charge is 0.275 e. The van der Waals surface area contributed by atoms with Crippen molar-refractivity contribution < 1.29 is 23.1 Å². The molecule has 0 radical (unpaired) electrons. The average Bonchev–Trinajstić information content (AvgIpc) is 3.40. The lowest BCUT2D eigenvalue weighted by molar-refractivity contribution is -0.114. The zero-order valence-corrected chi connectivity index (χ0v) is 13.8. The highest BCUT2D eigenvalue weighted by Gasteiger charge is 2.45. The first-order chi connectivity index (χ1) is 12.2. The third-order valence-corrected chi connectivity index (χ3v) is 4.30. The molecule has 0 aliphatic carbocycles. The molecule has 4 heterocycles. The summed E-state index contributed by atoms with van der Waals surface area (Å²) in [4.78, 5) is 14.5. The fourth-order valence-corrected chi connectivity index (χ4v) is 3.13. The number of H-pyrrole nitrogens is 1. The molecule has 1 unspecified atom stereocenters. The molecule has 1 aliphatic rings. The summed E-state index contributed by atoms with van der Waals surface area (Å²) in [5.74, 6) is 1.02. The van der Waals surface area contributed by atoms with E-state index in [0.717, 1.165) is 5.56 Å². The minimum atomic E-state index is -0.554. The van der Waals surface area contributed by atoms with Crippen LogP contribution in [0.2, 0.25) is 0 Å². The number of amides is 1. The number of carbonyl (C=O) groups is 1. The van der Waals surface area contributed by atoms with Crippen LogP contribution in [-0.2, 0) is 9.47 Å². The second-order valence-electron chi connectivity index (χ2n) is 5.61. The van der Waals surface area contributed by atoms with Gasteiger partial charge in [0.1, 0.15) is 17.5 Å². The Morgan fingerprint density at radius 2 is 2.00 bits per heavy atom. The molecule has 0 aromatic carbocycles. The number of carbonyl (C=O) groups excluding carboxylic acids is 1. The largest absolute Gasteiger partial charge is 0.467 e. The van der Waals surface area contributed by atoms with Crippen LogP contribution in [0.3, 0.4) is 0 Å². The zero-order chi connectivity index (χ0) is 17.4. The molecule has 8 nitrogen and oxygen atoms in total. The summed E-state index contributed by atoms with van der Waals surface area (Å²) < 4.78 is 21.6. The molecule has 1 aliphatic heterocycles. The highest BCUT2D eigenvalue weighted by Crippen LogP contribution is 2.43. The van der Waals surface area contributed by atoms with Gasteiger partial charge in [-0.15, -0.1) is 0 Å². The predicted molar refractivity (Wildman–Crippen MR) is 85.7 cm³/mol. The molecule has 0 spiro atoms. The van der Waals surface area contributed by atoms with E-state index >= 15 is 0 Å². The molecule has 4 rings (SSSR count). The van der Waals surface area contributed by atoms with E-state index in [2.05, 4.69) is 10.2 Å². The lowest BCUT2D eigenvalue weighted by Crippen LogP contribution is -2.37.